The van der Waals surface area contributed by atoms with Gasteiger partial charge in [-0.2, -0.15) is 0 Å². The molecule has 1 aliphatic rings. The molecule has 2 heterocycles. The number of rotatable bonds is 1. The fourth-order valence-corrected chi connectivity index (χ4v) is 5.94. The van der Waals surface area contributed by atoms with Gasteiger partial charge in [-0.3, -0.25) is 0 Å². The van der Waals surface area contributed by atoms with Gasteiger partial charge >= 0.3 is 0 Å². The van der Waals surface area contributed by atoms with Gasteiger partial charge in [0.25, 0.3) is 0 Å². The topological polar surface area (TPSA) is 29.9 Å². The zero-order valence-corrected chi connectivity index (χ0v) is 20.4. The minimum Gasteiger partial charge on any atom is -0.455 e. The Kier molecular flexibility index (Phi) is 4.12. The summed E-state index contributed by atoms with van der Waals surface area (Å²) < 4.78 is 8.58. The van der Waals surface area contributed by atoms with E-state index in [-0.39, 0.29) is 10.8 Å². The Labute approximate surface area is 195 Å². The van der Waals surface area contributed by atoms with Crippen LogP contribution in [-0.2, 0) is 17.9 Å². The van der Waals surface area contributed by atoms with Crippen molar-refractivity contribution in [2.75, 3.05) is 0 Å². The van der Waals surface area contributed by atoms with E-state index in [1.54, 1.807) is 0 Å². The van der Waals surface area contributed by atoms with Crippen LogP contribution in [0, 0.1) is 6.92 Å². The van der Waals surface area contributed by atoms with Gasteiger partial charge in [-0.15, -0.1) is 0 Å². The van der Waals surface area contributed by atoms with E-state index in [9.17, 15) is 0 Å². The van der Waals surface area contributed by atoms with Crippen LogP contribution in [0.3, 0.4) is 0 Å². The van der Waals surface area contributed by atoms with Crippen LogP contribution in [0.2, 0.25) is 0 Å². The van der Waals surface area contributed by atoms with Gasteiger partial charge in [-0.05, 0) is 81.4 Å². The number of furan rings is 1. The lowest BCUT2D eigenvalue weighted by Crippen LogP contribution is -2.35. The molecule has 0 spiro atoms. The van der Waals surface area contributed by atoms with Crippen molar-refractivity contribution >= 4 is 32.7 Å². The van der Waals surface area contributed by atoms with E-state index >= 15 is 0 Å². The third-order valence-corrected chi connectivity index (χ3v) is 7.95. The Hall–Kier alpha value is -3.20. The zero-order chi connectivity index (χ0) is 23.1. The molecule has 0 aliphatic heterocycles. The highest BCUT2D eigenvalue weighted by Gasteiger charge is 2.38. The molecule has 0 unspecified atom stereocenters. The summed E-state index contributed by atoms with van der Waals surface area (Å²) in [4.78, 5) is 0. The fraction of sp³-hybridized carbons (Fsp3) is 0.333. The van der Waals surface area contributed by atoms with Crippen molar-refractivity contribution in [2.45, 2.75) is 58.3 Å². The van der Waals surface area contributed by atoms with E-state index in [0.717, 1.165) is 27.8 Å². The standard InChI is InChI=1S/C30H31N2O/c1-18-9-11-20-22-16-19-10-12-23-27(30(4,5)14-13-29(23,2)3)21(19)17-25(22)33-28(20)26(18)24-8-7-15-31-32(24)6/h7-12,15-17H,13-14H2,1-6H3/q+1. The SMILES string of the molecule is Cc1ccc2c(oc3cc4c5c(ccc4cc32)C(C)(C)CCC5(C)C)c1-c1cccn[n+]1C. The van der Waals surface area contributed by atoms with E-state index < -0.39 is 0 Å². The van der Waals surface area contributed by atoms with Crippen LogP contribution in [0.4, 0.5) is 0 Å². The highest BCUT2D eigenvalue weighted by atomic mass is 16.3. The van der Waals surface area contributed by atoms with Gasteiger partial charge in [0.2, 0.25) is 5.69 Å². The van der Waals surface area contributed by atoms with Gasteiger partial charge in [0.1, 0.15) is 11.2 Å². The molecule has 0 bridgehead atoms. The van der Waals surface area contributed by atoms with Crippen molar-refractivity contribution in [2.24, 2.45) is 7.05 Å². The molecule has 33 heavy (non-hydrogen) atoms. The first-order chi connectivity index (χ1) is 15.7. The summed E-state index contributed by atoms with van der Waals surface area (Å²) in [5, 5.41) is 9.42. The lowest BCUT2D eigenvalue weighted by molar-refractivity contribution is -0.720. The molecule has 0 fully saturated rings. The zero-order valence-electron chi connectivity index (χ0n) is 20.4. The number of aryl methyl sites for hydroxylation is 2. The van der Waals surface area contributed by atoms with E-state index in [2.05, 4.69) is 82.2 Å². The van der Waals surface area contributed by atoms with Crippen LogP contribution < -0.4 is 4.68 Å². The second-order valence-electron chi connectivity index (χ2n) is 11.1. The predicted octanol–water partition coefficient (Wildman–Crippen LogP) is 7.28. The number of hydrogen-bond acceptors (Lipinski definition) is 2. The molecule has 1 aliphatic carbocycles. The van der Waals surface area contributed by atoms with Gasteiger partial charge in [0, 0.05) is 16.8 Å². The van der Waals surface area contributed by atoms with Crippen molar-refractivity contribution in [3.8, 4) is 11.3 Å². The summed E-state index contributed by atoms with van der Waals surface area (Å²) in [5.74, 6) is 0. The van der Waals surface area contributed by atoms with Crippen molar-refractivity contribution in [3.63, 3.8) is 0 Å². The van der Waals surface area contributed by atoms with Gasteiger partial charge in [-0.1, -0.05) is 56.6 Å². The number of benzene rings is 3. The molecule has 3 nitrogen and oxygen atoms in total. The lowest BCUT2D eigenvalue weighted by atomic mass is 9.62. The highest BCUT2D eigenvalue weighted by molar-refractivity contribution is 6.13. The summed E-state index contributed by atoms with van der Waals surface area (Å²) in [5.41, 5.74) is 8.60. The Morgan fingerprint density at radius 3 is 2.45 bits per heavy atom. The molecule has 3 heteroatoms. The van der Waals surface area contributed by atoms with Crippen LogP contribution in [0.15, 0.2) is 59.1 Å². The first-order valence-corrected chi connectivity index (χ1v) is 11.9. The van der Waals surface area contributed by atoms with Crippen LogP contribution >= 0.6 is 0 Å². The average Bonchev–Trinajstić information content (AvgIpc) is 3.13. The van der Waals surface area contributed by atoms with E-state index in [1.807, 2.05) is 24.0 Å². The second-order valence-corrected chi connectivity index (χ2v) is 11.1. The predicted molar refractivity (Wildman–Crippen MR) is 136 cm³/mol. The average molecular weight is 436 g/mol. The molecule has 0 atom stereocenters. The number of hydrogen-bond donors (Lipinski definition) is 0. The number of fused-ring (bicyclic) bond motifs is 6. The molecular weight excluding hydrogens is 404 g/mol. The van der Waals surface area contributed by atoms with Crippen molar-refractivity contribution in [3.05, 3.63) is 71.4 Å². The van der Waals surface area contributed by atoms with Gasteiger partial charge in [-0.25, -0.2) is 0 Å². The van der Waals surface area contributed by atoms with Crippen LogP contribution in [0.25, 0.3) is 44.0 Å². The maximum absolute atomic E-state index is 6.65. The largest absolute Gasteiger partial charge is 0.455 e. The first-order valence-electron chi connectivity index (χ1n) is 11.9. The van der Waals surface area contributed by atoms with Gasteiger partial charge < -0.3 is 4.42 Å². The number of aromatic nitrogens is 2. The normalized spacial score (nSPS) is 17.0. The van der Waals surface area contributed by atoms with Gasteiger partial charge in [0.05, 0.1) is 11.8 Å². The lowest BCUT2D eigenvalue weighted by Gasteiger charge is -2.42. The number of nitrogens with zero attached hydrogens (tertiary/aromatic N) is 2. The third kappa shape index (κ3) is 2.88. The Balaban J connectivity index is 1.72. The Morgan fingerprint density at radius 1 is 0.879 bits per heavy atom. The quantitative estimate of drug-likeness (QED) is 0.259. The molecule has 0 radical (unpaired) electrons. The minimum atomic E-state index is 0.148. The molecule has 0 saturated heterocycles. The maximum Gasteiger partial charge on any atom is 0.242 e. The monoisotopic (exact) mass is 435 g/mol. The second kappa shape index (κ2) is 6.66. The molecule has 0 amide bonds. The molecule has 3 aromatic carbocycles. The van der Waals surface area contributed by atoms with E-state index in [4.69, 9.17) is 4.42 Å². The highest BCUT2D eigenvalue weighted by Crippen LogP contribution is 2.49. The van der Waals surface area contributed by atoms with Crippen molar-refractivity contribution in [1.29, 1.82) is 0 Å². The van der Waals surface area contributed by atoms with Crippen molar-refractivity contribution < 1.29 is 9.10 Å². The molecule has 0 saturated carbocycles. The molecule has 5 aromatic rings. The summed E-state index contributed by atoms with van der Waals surface area (Å²) >= 11 is 0. The molecule has 0 N–H and O–H groups in total. The van der Waals surface area contributed by atoms with E-state index in [0.29, 0.717) is 0 Å². The first kappa shape index (κ1) is 20.4. The summed E-state index contributed by atoms with van der Waals surface area (Å²) in [7, 11) is 1.99. The Bertz CT molecular complexity index is 1590. The van der Waals surface area contributed by atoms with Crippen LogP contribution in [-0.4, -0.2) is 5.10 Å². The molecule has 2 aromatic heterocycles. The minimum absolute atomic E-state index is 0.148. The summed E-state index contributed by atoms with van der Waals surface area (Å²) in [6, 6.07) is 17.8. The fourth-order valence-electron chi connectivity index (χ4n) is 5.94. The third-order valence-electron chi connectivity index (χ3n) is 7.95. The summed E-state index contributed by atoms with van der Waals surface area (Å²) in [6.45, 7) is 11.7. The molecule has 6 rings (SSSR count). The smallest absolute Gasteiger partial charge is 0.242 e. The van der Waals surface area contributed by atoms with Crippen LogP contribution in [0.1, 0.15) is 57.2 Å². The molecular formula is C30H31N2O+. The maximum atomic E-state index is 6.65. The van der Waals surface area contributed by atoms with Crippen molar-refractivity contribution in [1.82, 2.24) is 5.10 Å². The summed E-state index contributed by atoms with van der Waals surface area (Å²) in [6.07, 6.45) is 4.23. The Morgan fingerprint density at radius 2 is 1.67 bits per heavy atom. The molecule has 166 valence electrons. The van der Waals surface area contributed by atoms with E-state index in [1.165, 1.54) is 45.7 Å². The van der Waals surface area contributed by atoms with Gasteiger partial charge in [0.15, 0.2) is 7.05 Å². The van der Waals surface area contributed by atoms with Crippen LogP contribution in [0.5, 0.6) is 0 Å².